The molecule has 0 saturated carbocycles. The number of ether oxygens (including phenoxy) is 2. The molecular weight excluding hydrogens is 340 g/mol. The second-order valence-corrected chi connectivity index (χ2v) is 6.21. The molecule has 0 saturated heterocycles. The predicted octanol–water partition coefficient (Wildman–Crippen LogP) is 4.69. The maximum absolute atomic E-state index is 5.48. The summed E-state index contributed by atoms with van der Waals surface area (Å²) in [6.45, 7) is 1.96. The number of pyridine rings is 1. The Kier molecular flexibility index (Phi) is 4.38. The molecule has 0 bridgehead atoms. The molecule has 0 aliphatic rings. The molecule has 0 aliphatic heterocycles. The number of fused-ring (bicyclic) bond motifs is 1. The number of H-pyrrole nitrogens is 1. The molecule has 27 heavy (non-hydrogen) atoms. The van der Waals surface area contributed by atoms with Crippen molar-refractivity contribution < 1.29 is 9.47 Å². The molecule has 6 nitrogen and oxygen atoms in total. The van der Waals surface area contributed by atoms with Gasteiger partial charge >= 0.3 is 0 Å². The summed E-state index contributed by atoms with van der Waals surface area (Å²) in [5.41, 5.74) is 2.87. The highest BCUT2D eigenvalue weighted by Gasteiger charge is 2.14. The van der Waals surface area contributed by atoms with E-state index in [1.54, 1.807) is 14.2 Å². The zero-order valence-corrected chi connectivity index (χ0v) is 15.4. The quantitative estimate of drug-likeness (QED) is 0.540. The third-order valence-electron chi connectivity index (χ3n) is 4.34. The summed E-state index contributed by atoms with van der Waals surface area (Å²) in [7, 11) is 3.27. The number of aryl methyl sites for hydroxylation is 1. The van der Waals surface area contributed by atoms with E-state index in [1.807, 2.05) is 61.5 Å². The largest absolute Gasteiger partial charge is 0.493 e. The molecule has 0 radical (unpaired) electrons. The fourth-order valence-corrected chi connectivity index (χ4v) is 3.07. The third-order valence-corrected chi connectivity index (χ3v) is 4.34. The van der Waals surface area contributed by atoms with Crippen LogP contribution in [0.2, 0.25) is 0 Å². The summed E-state index contributed by atoms with van der Waals surface area (Å²) in [6.07, 6.45) is 0. The lowest BCUT2D eigenvalue weighted by atomic mass is 10.0. The van der Waals surface area contributed by atoms with Gasteiger partial charge in [-0.25, -0.2) is 4.98 Å². The fourth-order valence-electron chi connectivity index (χ4n) is 3.07. The van der Waals surface area contributed by atoms with Gasteiger partial charge in [0, 0.05) is 22.7 Å². The van der Waals surface area contributed by atoms with Gasteiger partial charge in [-0.1, -0.05) is 30.3 Å². The van der Waals surface area contributed by atoms with Crippen LogP contribution in [0.3, 0.4) is 0 Å². The Hall–Kier alpha value is -3.54. The molecule has 0 aliphatic carbocycles. The highest BCUT2D eigenvalue weighted by atomic mass is 16.5. The van der Waals surface area contributed by atoms with E-state index in [-0.39, 0.29) is 0 Å². The first-order valence-corrected chi connectivity index (χ1v) is 8.59. The van der Waals surface area contributed by atoms with E-state index in [2.05, 4.69) is 15.5 Å². The van der Waals surface area contributed by atoms with Crippen LogP contribution < -0.4 is 14.8 Å². The summed E-state index contributed by atoms with van der Waals surface area (Å²) >= 11 is 0. The van der Waals surface area contributed by atoms with Crippen molar-refractivity contribution >= 4 is 22.4 Å². The third kappa shape index (κ3) is 3.29. The van der Waals surface area contributed by atoms with Crippen LogP contribution in [-0.4, -0.2) is 29.4 Å². The fraction of sp³-hybridized carbons (Fsp3) is 0.143. The lowest BCUT2D eigenvalue weighted by Gasteiger charge is -2.14. The molecule has 2 heterocycles. The van der Waals surface area contributed by atoms with Gasteiger partial charge in [0.05, 0.1) is 19.9 Å². The first kappa shape index (κ1) is 16.9. The average Bonchev–Trinajstić information content (AvgIpc) is 3.11. The molecule has 0 atom stereocenters. The van der Waals surface area contributed by atoms with E-state index in [4.69, 9.17) is 14.5 Å². The van der Waals surface area contributed by atoms with Gasteiger partial charge in [-0.05, 0) is 30.5 Å². The highest BCUT2D eigenvalue weighted by molar-refractivity contribution is 5.98. The van der Waals surface area contributed by atoms with Gasteiger partial charge in [-0.15, -0.1) is 0 Å². The van der Waals surface area contributed by atoms with Crippen LogP contribution in [-0.2, 0) is 0 Å². The van der Waals surface area contributed by atoms with Gasteiger partial charge in [0.1, 0.15) is 5.82 Å². The van der Waals surface area contributed by atoms with Crippen LogP contribution in [0, 0.1) is 6.92 Å². The van der Waals surface area contributed by atoms with Gasteiger partial charge < -0.3 is 14.8 Å². The van der Waals surface area contributed by atoms with Crippen molar-refractivity contribution in [2.75, 3.05) is 19.5 Å². The number of aromatic nitrogens is 3. The molecule has 2 aromatic carbocycles. The monoisotopic (exact) mass is 360 g/mol. The van der Waals surface area contributed by atoms with E-state index in [9.17, 15) is 0 Å². The number of rotatable bonds is 5. The average molecular weight is 360 g/mol. The van der Waals surface area contributed by atoms with Crippen LogP contribution in [0.25, 0.3) is 22.0 Å². The maximum Gasteiger partial charge on any atom is 0.161 e. The van der Waals surface area contributed by atoms with Crippen molar-refractivity contribution in [2.45, 2.75) is 6.92 Å². The van der Waals surface area contributed by atoms with Gasteiger partial charge in [-0.3, -0.25) is 5.10 Å². The Morgan fingerprint density at radius 2 is 1.63 bits per heavy atom. The van der Waals surface area contributed by atoms with Gasteiger partial charge in [0.2, 0.25) is 0 Å². The molecule has 4 aromatic rings. The molecule has 2 N–H and O–H groups in total. The van der Waals surface area contributed by atoms with Crippen molar-refractivity contribution in [2.24, 2.45) is 0 Å². The van der Waals surface area contributed by atoms with Crippen LogP contribution >= 0.6 is 0 Å². The number of nitrogens with one attached hydrogen (secondary N) is 2. The Morgan fingerprint density at radius 1 is 0.889 bits per heavy atom. The number of anilines is 2. The molecule has 136 valence electrons. The van der Waals surface area contributed by atoms with E-state index < -0.39 is 0 Å². The zero-order valence-electron chi connectivity index (χ0n) is 15.4. The number of hydrogen-bond acceptors (Lipinski definition) is 5. The Balaban J connectivity index is 1.92. The summed E-state index contributed by atoms with van der Waals surface area (Å²) in [6, 6.07) is 17.9. The number of aromatic amines is 1. The minimum absolute atomic E-state index is 0.674. The van der Waals surface area contributed by atoms with Crippen LogP contribution in [0.1, 0.15) is 5.69 Å². The van der Waals surface area contributed by atoms with Crippen molar-refractivity contribution in [3.05, 3.63) is 60.3 Å². The topological polar surface area (TPSA) is 72.1 Å². The van der Waals surface area contributed by atoms with Crippen LogP contribution in [0.15, 0.2) is 54.6 Å². The molecule has 2 aromatic heterocycles. The summed E-state index contributed by atoms with van der Waals surface area (Å²) < 4.78 is 10.9. The van der Waals surface area contributed by atoms with E-state index in [1.165, 1.54) is 0 Å². The summed E-state index contributed by atoms with van der Waals surface area (Å²) in [5.74, 6) is 2.78. The van der Waals surface area contributed by atoms with Crippen molar-refractivity contribution in [3.63, 3.8) is 0 Å². The van der Waals surface area contributed by atoms with Crippen molar-refractivity contribution in [1.29, 1.82) is 0 Å². The second-order valence-electron chi connectivity index (χ2n) is 6.21. The van der Waals surface area contributed by atoms with Gasteiger partial charge in [0.25, 0.3) is 0 Å². The first-order valence-electron chi connectivity index (χ1n) is 8.59. The maximum atomic E-state index is 5.48. The Bertz CT molecular complexity index is 1090. The number of nitrogens with zero attached hydrogens (tertiary/aromatic N) is 2. The number of hydrogen-bond donors (Lipinski definition) is 2. The molecule has 0 amide bonds. The molecule has 4 rings (SSSR count). The lowest BCUT2D eigenvalue weighted by molar-refractivity contribution is 0.356. The molecule has 0 unspecified atom stereocenters. The zero-order chi connectivity index (χ0) is 18.8. The number of methoxy groups -OCH3 is 2. The summed E-state index contributed by atoms with van der Waals surface area (Å²) in [5, 5.41) is 12.4. The Morgan fingerprint density at radius 3 is 2.30 bits per heavy atom. The smallest absolute Gasteiger partial charge is 0.161 e. The lowest BCUT2D eigenvalue weighted by Crippen LogP contribution is -1.98. The normalized spacial score (nSPS) is 10.8. The molecule has 0 spiro atoms. The van der Waals surface area contributed by atoms with E-state index in [0.717, 1.165) is 33.5 Å². The van der Waals surface area contributed by atoms with Gasteiger partial charge in [0.15, 0.2) is 17.3 Å². The molecule has 0 fully saturated rings. The SMILES string of the molecule is COc1cc2cc(Nc3cc(C)[nH]n3)nc(-c3ccccc3)c2cc1OC. The molecular formula is C21H20N4O2. The summed E-state index contributed by atoms with van der Waals surface area (Å²) in [4.78, 5) is 4.85. The molecule has 6 heteroatoms. The predicted molar refractivity (Wildman–Crippen MR) is 107 cm³/mol. The van der Waals surface area contributed by atoms with Gasteiger partial charge in [-0.2, -0.15) is 5.10 Å². The van der Waals surface area contributed by atoms with E-state index in [0.29, 0.717) is 17.3 Å². The van der Waals surface area contributed by atoms with Crippen LogP contribution in [0.4, 0.5) is 11.6 Å². The number of benzene rings is 2. The van der Waals surface area contributed by atoms with E-state index >= 15 is 0 Å². The minimum Gasteiger partial charge on any atom is -0.493 e. The first-order chi connectivity index (χ1) is 13.2. The van der Waals surface area contributed by atoms with Crippen molar-refractivity contribution in [1.82, 2.24) is 15.2 Å². The van der Waals surface area contributed by atoms with Crippen molar-refractivity contribution in [3.8, 4) is 22.8 Å². The highest BCUT2D eigenvalue weighted by Crippen LogP contribution is 2.37. The van der Waals surface area contributed by atoms with Crippen LogP contribution in [0.5, 0.6) is 11.5 Å². The second kappa shape index (κ2) is 6.99. The Labute approximate surface area is 157 Å². The minimum atomic E-state index is 0.674. The standard InChI is InChI=1S/C21H20N4O2/c1-13-9-20(25-24-13)22-19-11-15-10-17(26-2)18(27-3)12-16(15)21(23-19)14-7-5-4-6-8-14/h4-12H,1-3H3,(H2,22,23,24,25).